The molecule has 1 aromatic rings. The van der Waals surface area contributed by atoms with Gasteiger partial charge in [0.2, 0.25) is 0 Å². The Bertz CT molecular complexity index is 567. The molecule has 8 heteroatoms. The molecule has 0 aliphatic carbocycles. The topological polar surface area (TPSA) is 79.7 Å². The second-order valence-corrected chi connectivity index (χ2v) is 5.36. The first-order valence-electron chi connectivity index (χ1n) is 6.39. The van der Waals surface area contributed by atoms with E-state index in [1.54, 1.807) is 6.92 Å². The van der Waals surface area contributed by atoms with Crippen molar-refractivity contribution in [2.45, 2.75) is 13.0 Å². The Balaban J connectivity index is 2.28. The van der Waals surface area contributed by atoms with Gasteiger partial charge in [0.1, 0.15) is 16.2 Å². The van der Waals surface area contributed by atoms with Gasteiger partial charge in [0.05, 0.1) is 24.8 Å². The Morgan fingerprint density at radius 3 is 2.71 bits per heavy atom. The molecule has 0 bridgehead atoms. The smallest absolute Gasteiger partial charge is 0.311 e. The van der Waals surface area contributed by atoms with Crippen molar-refractivity contribution in [3.8, 4) is 0 Å². The third-order valence-electron chi connectivity index (χ3n) is 3.41. The van der Waals surface area contributed by atoms with E-state index in [-0.39, 0.29) is 35.0 Å². The summed E-state index contributed by atoms with van der Waals surface area (Å²) in [7, 11) is 0. The van der Waals surface area contributed by atoms with Gasteiger partial charge in [-0.15, -0.1) is 0 Å². The molecule has 1 fully saturated rings. The molecule has 1 saturated heterocycles. The molecule has 1 N–H and O–H groups in total. The number of aromatic nitrogens is 1. The van der Waals surface area contributed by atoms with E-state index in [9.17, 15) is 14.7 Å². The zero-order valence-electron chi connectivity index (χ0n) is 11.3. The van der Waals surface area contributed by atoms with Crippen LogP contribution < -0.4 is 0 Å². The Morgan fingerprint density at radius 2 is 2.14 bits per heavy atom. The van der Waals surface area contributed by atoms with Gasteiger partial charge in [0.15, 0.2) is 0 Å². The molecule has 1 aliphatic heterocycles. The normalized spacial score (nSPS) is 21.3. The molecule has 114 valence electrons. The lowest BCUT2D eigenvalue weighted by Crippen LogP contribution is -2.46. The largest absolute Gasteiger partial charge is 0.481 e. The maximum absolute atomic E-state index is 12.6. The first-order valence-corrected chi connectivity index (χ1v) is 7.14. The number of ether oxygens (including phenoxy) is 1. The number of hydrogen-bond donors (Lipinski definition) is 1. The molecular weight excluding hydrogens is 319 g/mol. The van der Waals surface area contributed by atoms with Crippen molar-refractivity contribution in [1.29, 1.82) is 0 Å². The monoisotopic (exact) mass is 332 g/mol. The highest BCUT2D eigenvalue weighted by Crippen LogP contribution is 2.24. The third-order valence-corrected chi connectivity index (χ3v) is 3.91. The van der Waals surface area contributed by atoms with Gasteiger partial charge < -0.3 is 14.7 Å². The number of aliphatic carboxylic acids is 1. The van der Waals surface area contributed by atoms with Gasteiger partial charge in [-0.05, 0) is 19.1 Å². The Labute approximate surface area is 131 Å². The van der Waals surface area contributed by atoms with E-state index in [4.69, 9.17) is 27.9 Å². The number of halogens is 2. The minimum absolute atomic E-state index is 0.00302. The number of rotatable bonds is 4. The van der Waals surface area contributed by atoms with Gasteiger partial charge in [-0.25, -0.2) is 4.98 Å². The number of likely N-dealkylation sites (N-methyl/N-ethyl adjacent to an activating group) is 1. The second kappa shape index (κ2) is 6.60. The van der Waals surface area contributed by atoms with E-state index < -0.39 is 17.9 Å². The van der Waals surface area contributed by atoms with Crippen LogP contribution in [-0.2, 0) is 9.53 Å². The van der Waals surface area contributed by atoms with Crippen molar-refractivity contribution in [2.75, 3.05) is 19.8 Å². The standard InChI is InChI=1S/C13H14Cl2N2O4/c1-2-17(9-6-21-5-8(9)13(19)20)12(18)7-3-4-10(14)16-11(7)15/h3-4,8-9H,2,5-6H2,1H3,(H,19,20). The molecule has 2 rings (SSSR count). The van der Waals surface area contributed by atoms with Crippen molar-refractivity contribution < 1.29 is 19.4 Å². The summed E-state index contributed by atoms with van der Waals surface area (Å²) in [4.78, 5) is 29.1. The first-order chi connectivity index (χ1) is 9.95. The number of carboxylic acid groups (broad SMARTS) is 1. The van der Waals surface area contributed by atoms with Crippen molar-refractivity contribution in [2.24, 2.45) is 5.92 Å². The van der Waals surface area contributed by atoms with Crippen LogP contribution in [0.3, 0.4) is 0 Å². The van der Waals surface area contributed by atoms with Gasteiger partial charge in [-0.2, -0.15) is 0 Å². The van der Waals surface area contributed by atoms with Crippen LogP contribution in [0.1, 0.15) is 17.3 Å². The lowest BCUT2D eigenvalue weighted by molar-refractivity contribution is -0.142. The summed E-state index contributed by atoms with van der Waals surface area (Å²) >= 11 is 11.6. The van der Waals surface area contributed by atoms with Crippen LogP contribution in [0.25, 0.3) is 0 Å². The minimum atomic E-state index is -0.982. The first kappa shape index (κ1) is 16.0. The summed E-state index contributed by atoms with van der Waals surface area (Å²) in [6, 6.07) is 2.43. The van der Waals surface area contributed by atoms with Crippen LogP contribution in [0.5, 0.6) is 0 Å². The summed E-state index contributed by atoms with van der Waals surface area (Å²) in [6.45, 7) is 2.40. The lowest BCUT2D eigenvalue weighted by Gasteiger charge is -2.29. The molecule has 1 aliphatic rings. The highest BCUT2D eigenvalue weighted by atomic mass is 35.5. The fourth-order valence-electron chi connectivity index (χ4n) is 2.34. The number of carbonyl (C=O) groups is 2. The van der Waals surface area contributed by atoms with Crippen LogP contribution in [-0.4, -0.2) is 52.7 Å². The molecular formula is C13H14Cl2N2O4. The summed E-state index contributed by atoms with van der Waals surface area (Å²) in [5, 5.41) is 9.38. The average Bonchev–Trinajstić information content (AvgIpc) is 2.88. The molecule has 2 atom stereocenters. The predicted octanol–water partition coefficient (Wildman–Crippen LogP) is 1.95. The molecule has 0 radical (unpaired) electrons. The second-order valence-electron chi connectivity index (χ2n) is 4.61. The zero-order valence-corrected chi connectivity index (χ0v) is 12.8. The summed E-state index contributed by atoms with van der Waals surface area (Å²) in [5.74, 6) is -2.11. The zero-order chi connectivity index (χ0) is 15.6. The van der Waals surface area contributed by atoms with Crippen LogP contribution in [0.2, 0.25) is 10.3 Å². The molecule has 0 spiro atoms. The summed E-state index contributed by atoms with van der Waals surface area (Å²) in [5.41, 5.74) is 0.193. The Kier molecular flexibility index (Phi) is 5.03. The Hall–Kier alpha value is -1.37. The molecule has 1 amide bonds. The summed E-state index contributed by atoms with van der Waals surface area (Å²) < 4.78 is 5.20. The van der Waals surface area contributed by atoms with E-state index in [2.05, 4.69) is 4.98 Å². The fourth-order valence-corrected chi connectivity index (χ4v) is 2.77. The number of carboxylic acids is 1. The quantitative estimate of drug-likeness (QED) is 0.852. The van der Waals surface area contributed by atoms with Crippen molar-refractivity contribution in [1.82, 2.24) is 9.88 Å². The van der Waals surface area contributed by atoms with E-state index in [0.717, 1.165) is 0 Å². The molecule has 2 unspecified atom stereocenters. The fraction of sp³-hybridized carbons (Fsp3) is 0.462. The van der Waals surface area contributed by atoms with E-state index >= 15 is 0 Å². The number of pyridine rings is 1. The van der Waals surface area contributed by atoms with Crippen molar-refractivity contribution in [3.05, 3.63) is 28.0 Å². The van der Waals surface area contributed by atoms with Gasteiger partial charge >= 0.3 is 5.97 Å². The maximum atomic E-state index is 12.6. The minimum Gasteiger partial charge on any atom is -0.481 e. The Morgan fingerprint density at radius 1 is 1.43 bits per heavy atom. The molecule has 21 heavy (non-hydrogen) atoms. The van der Waals surface area contributed by atoms with E-state index in [0.29, 0.717) is 6.54 Å². The van der Waals surface area contributed by atoms with Gasteiger partial charge in [-0.1, -0.05) is 23.2 Å². The highest BCUT2D eigenvalue weighted by molar-refractivity contribution is 6.34. The van der Waals surface area contributed by atoms with Crippen molar-refractivity contribution in [3.63, 3.8) is 0 Å². The molecule has 0 aromatic carbocycles. The van der Waals surface area contributed by atoms with Gasteiger partial charge in [-0.3, -0.25) is 9.59 Å². The number of amides is 1. The van der Waals surface area contributed by atoms with Gasteiger partial charge in [0.25, 0.3) is 5.91 Å². The maximum Gasteiger partial charge on any atom is 0.311 e. The van der Waals surface area contributed by atoms with E-state index in [1.165, 1.54) is 17.0 Å². The van der Waals surface area contributed by atoms with Gasteiger partial charge in [0, 0.05) is 6.54 Å². The molecule has 6 nitrogen and oxygen atoms in total. The number of carbonyl (C=O) groups excluding carboxylic acids is 1. The predicted molar refractivity (Wildman–Crippen MR) is 76.7 cm³/mol. The highest BCUT2D eigenvalue weighted by Gasteiger charge is 2.40. The van der Waals surface area contributed by atoms with Crippen LogP contribution in [0, 0.1) is 5.92 Å². The molecule has 1 aromatic heterocycles. The van der Waals surface area contributed by atoms with Crippen LogP contribution in [0.4, 0.5) is 0 Å². The SMILES string of the molecule is CCN(C(=O)c1ccc(Cl)nc1Cl)C1COCC1C(=O)O. The van der Waals surface area contributed by atoms with E-state index in [1.807, 2.05) is 0 Å². The number of nitrogens with zero attached hydrogens (tertiary/aromatic N) is 2. The average molecular weight is 333 g/mol. The van der Waals surface area contributed by atoms with Crippen LogP contribution in [0.15, 0.2) is 12.1 Å². The molecule has 0 saturated carbocycles. The van der Waals surface area contributed by atoms with Crippen LogP contribution >= 0.6 is 23.2 Å². The molecule has 2 heterocycles. The number of hydrogen-bond acceptors (Lipinski definition) is 4. The third kappa shape index (κ3) is 3.28. The summed E-state index contributed by atoms with van der Waals surface area (Å²) in [6.07, 6.45) is 0. The van der Waals surface area contributed by atoms with Crippen molar-refractivity contribution >= 4 is 35.1 Å². The lowest BCUT2D eigenvalue weighted by atomic mass is 10.0.